The highest BCUT2D eigenvalue weighted by Gasteiger charge is 2.20. The smallest absolute Gasteiger partial charge is 0.305 e. The predicted octanol–water partition coefficient (Wildman–Crippen LogP) is 1.76. The third-order valence-corrected chi connectivity index (χ3v) is 3.11. The van der Waals surface area contributed by atoms with Gasteiger partial charge in [-0.2, -0.15) is 0 Å². The Hall–Kier alpha value is -2.28. The van der Waals surface area contributed by atoms with Gasteiger partial charge in [0.1, 0.15) is 6.61 Å². The van der Waals surface area contributed by atoms with Crippen molar-refractivity contribution in [3.05, 3.63) is 23.8 Å². The zero-order valence-corrected chi connectivity index (χ0v) is 13.6. The van der Waals surface area contributed by atoms with Crippen molar-refractivity contribution >= 4 is 11.9 Å². The number of rotatable bonds is 10. The Morgan fingerprint density at radius 1 is 1.22 bits per heavy atom. The Labute approximate surface area is 135 Å². The van der Waals surface area contributed by atoms with Crippen LogP contribution < -0.4 is 14.8 Å². The topological polar surface area (TPSA) is 94.1 Å². The molecule has 0 aliphatic heterocycles. The Morgan fingerprint density at radius 2 is 1.91 bits per heavy atom. The van der Waals surface area contributed by atoms with Gasteiger partial charge in [-0.25, -0.2) is 0 Å². The number of methoxy groups -OCH3 is 2. The van der Waals surface area contributed by atoms with E-state index in [1.54, 1.807) is 18.2 Å². The maximum absolute atomic E-state index is 11.9. The first kappa shape index (κ1) is 18.8. The van der Waals surface area contributed by atoms with E-state index in [0.717, 1.165) is 6.42 Å². The molecule has 1 unspecified atom stereocenters. The minimum atomic E-state index is -1.01. The number of hydrogen-bond acceptors (Lipinski definition) is 5. The number of carbonyl (C=O) groups excluding carboxylic acids is 1. The van der Waals surface area contributed by atoms with Crippen molar-refractivity contribution in [3.63, 3.8) is 0 Å². The van der Waals surface area contributed by atoms with Crippen LogP contribution in [0.4, 0.5) is 0 Å². The van der Waals surface area contributed by atoms with E-state index < -0.39 is 12.0 Å². The van der Waals surface area contributed by atoms with Crippen LogP contribution in [0.5, 0.6) is 11.5 Å². The minimum Gasteiger partial charge on any atom is -0.493 e. The molecule has 23 heavy (non-hydrogen) atoms. The number of carboxylic acids is 1. The van der Waals surface area contributed by atoms with Gasteiger partial charge in [0.15, 0.2) is 11.5 Å². The van der Waals surface area contributed by atoms with E-state index in [-0.39, 0.29) is 18.9 Å². The average molecular weight is 325 g/mol. The van der Waals surface area contributed by atoms with Gasteiger partial charge in [0.2, 0.25) is 5.91 Å². The first-order valence-corrected chi connectivity index (χ1v) is 7.32. The number of amides is 1. The van der Waals surface area contributed by atoms with Crippen LogP contribution in [0.2, 0.25) is 0 Å². The van der Waals surface area contributed by atoms with Crippen LogP contribution in [0.15, 0.2) is 18.2 Å². The average Bonchev–Trinajstić information content (AvgIpc) is 2.53. The van der Waals surface area contributed by atoms with Crippen molar-refractivity contribution in [3.8, 4) is 11.5 Å². The highest BCUT2D eigenvalue weighted by Crippen LogP contribution is 2.30. The number of carbonyl (C=O) groups is 2. The molecule has 1 amide bonds. The Kier molecular flexibility index (Phi) is 7.90. The van der Waals surface area contributed by atoms with Gasteiger partial charge in [-0.05, 0) is 24.1 Å². The number of ether oxygens (including phenoxy) is 3. The Balaban J connectivity index is 2.88. The summed E-state index contributed by atoms with van der Waals surface area (Å²) in [5.41, 5.74) is 0.619. The molecule has 0 heterocycles. The summed E-state index contributed by atoms with van der Waals surface area (Å²) < 4.78 is 15.5. The fourth-order valence-electron chi connectivity index (χ4n) is 2.04. The molecule has 7 heteroatoms. The third-order valence-electron chi connectivity index (χ3n) is 3.11. The van der Waals surface area contributed by atoms with E-state index >= 15 is 0 Å². The molecular weight excluding hydrogens is 302 g/mol. The van der Waals surface area contributed by atoms with Gasteiger partial charge in [0.25, 0.3) is 0 Å². The molecule has 7 nitrogen and oxygen atoms in total. The Morgan fingerprint density at radius 3 is 2.48 bits per heavy atom. The highest BCUT2D eigenvalue weighted by molar-refractivity contribution is 5.79. The lowest BCUT2D eigenvalue weighted by molar-refractivity contribution is -0.138. The van der Waals surface area contributed by atoms with E-state index in [2.05, 4.69) is 5.32 Å². The largest absolute Gasteiger partial charge is 0.493 e. The quantitative estimate of drug-likeness (QED) is 0.637. The second kappa shape index (κ2) is 9.68. The SMILES string of the molecule is CCCOCC(=O)NC(CC(=O)O)c1ccc(OC)c(OC)c1. The number of hydrogen-bond donors (Lipinski definition) is 2. The fourth-order valence-corrected chi connectivity index (χ4v) is 2.04. The summed E-state index contributed by atoms with van der Waals surface area (Å²) in [6, 6.07) is 4.34. The van der Waals surface area contributed by atoms with Crippen molar-refractivity contribution < 1.29 is 28.9 Å². The van der Waals surface area contributed by atoms with Crippen molar-refractivity contribution in [1.82, 2.24) is 5.32 Å². The second-order valence-corrected chi connectivity index (χ2v) is 4.88. The van der Waals surface area contributed by atoms with Gasteiger partial charge in [0.05, 0.1) is 26.7 Å². The van der Waals surface area contributed by atoms with Crippen LogP contribution in [0.25, 0.3) is 0 Å². The minimum absolute atomic E-state index is 0.1000. The molecule has 0 spiro atoms. The zero-order chi connectivity index (χ0) is 17.2. The van der Waals surface area contributed by atoms with E-state index in [9.17, 15) is 9.59 Å². The predicted molar refractivity (Wildman–Crippen MR) is 83.8 cm³/mol. The molecule has 1 aromatic carbocycles. The molecular formula is C16H23NO6. The molecule has 0 aliphatic rings. The van der Waals surface area contributed by atoms with Crippen molar-refractivity contribution in [2.75, 3.05) is 27.4 Å². The first-order chi connectivity index (χ1) is 11.0. The summed E-state index contributed by atoms with van der Waals surface area (Å²) in [5, 5.41) is 11.7. The summed E-state index contributed by atoms with van der Waals surface area (Å²) in [6.45, 7) is 2.32. The van der Waals surface area contributed by atoms with Gasteiger partial charge < -0.3 is 24.6 Å². The maximum atomic E-state index is 11.9. The van der Waals surface area contributed by atoms with E-state index in [0.29, 0.717) is 23.7 Å². The second-order valence-electron chi connectivity index (χ2n) is 4.88. The molecule has 1 rings (SSSR count). The van der Waals surface area contributed by atoms with Gasteiger partial charge in [-0.3, -0.25) is 9.59 Å². The zero-order valence-electron chi connectivity index (χ0n) is 13.6. The highest BCUT2D eigenvalue weighted by atomic mass is 16.5. The summed E-state index contributed by atoms with van der Waals surface area (Å²) >= 11 is 0. The maximum Gasteiger partial charge on any atom is 0.305 e. The lowest BCUT2D eigenvalue weighted by atomic mass is 10.0. The summed E-state index contributed by atoms with van der Waals surface area (Å²) in [6.07, 6.45) is 0.566. The van der Waals surface area contributed by atoms with Crippen LogP contribution in [0.1, 0.15) is 31.4 Å². The number of benzene rings is 1. The molecule has 0 bridgehead atoms. The van der Waals surface area contributed by atoms with Crippen LogP contribution in [-0.2, 0) is 14.3 Å². The Bertz CT molecular complexity index is 531. The third kappa shape index (κ3) is 6.15. The van der Waals surface area contributed by atoms with E-state index in [4.69, 9.17) is 19.3 Å². The molecule has 0 saturated heterocycles. The van der Waals surface area contributed by atoms with Gasteiger partial charge >= 0.3 is 5.97 Å². The van der Waals surface area contributed by atoms with Gasteiger partial charge in [0, 0.05) is 6.61 Å². The lowest BCUT2D eigenvalue weighted by Gasteiger charge is -2.19. The van der Waals surface area contributed by atoms with E-state index in [1.807, 2.05) is 6.92 Å². The standard InChI is InChI=1S/C16H23NO6/c1-4-7-23-10-15(18)17-12(9-16(19)20)11-5-6-13(21-2)14(8-11)22-3/h5-6,8,12H,4,7,9-10H2,1-3H3,(H,17,18)(H,19,20). The normalized spacial score (nSPS) is 11.6. The summed E-state index contributed by atoms with van der Waals surface area (Å²) in [7, 11) is 3.00. The molecule has 0 aliphatic carbocycles. The van der Waals surface area contributed by atoms with Crippen LogP contribution in [0, 0.1) is 0 Å². The van der Waals surface area contributed by atoms with Gasteiger partial charge in [-0.1, -0.05) is 13.0 Å². The van der Waals surface area contributed by atoms with Crippen molar-refractivity contribution in [2.45, 2.75) is 25.8 Å². The number of aliphatic carboxylic acids is 1. The van der Waals surface area contributed by atoms with E-state index in [1.165, 1.54) is 14.2 Å². The summed E-state index contributed by atoms with van der Waals surface area (Å²) in [5.74, 6) is -0.376. The number of nitrogens with one attached hydrogen (secondary N) is 1. The lowest BCUT2D eigenvalue weighted by Crippen LogP contribution is -2.33. The first-order valence-electron chi connectivity index (χ1n) is 7.32. The van der Waals surface area contributed by atoms with Crippen LogP contribution >= 0.6 is 0 Å². The van der Waals surface area contributed by atoms with Crippen LogP contribution in [-0.4, -0.2) is 44.4 Å². The molecule has 2 N–H and O–H groups in total. The monoisotopic (exact) mass is 325 g/mol. The van der Waals surface area contributed by atoms with Crippen molar-refractivity contribution in [1.29, 1.82) is 0 Å². The molecule has 0 saturated carbocycles. The summed E-state index contributed by atoms with van der Waals surface area (Å²) in [4.78, 5) is 22.9. The molecule has 0 fully saturated rings. The molecule has 1 atom stereocenters. The van der Waals surface area contributed by atoms with Crippen molar-refractivity contribution in [2.24, 2.45) is 0 Å². The van der Waals surface area contributed by atoms with Gasteiger partial charge in [-0.15, -0.1) is 0 Å². The molecule has 1 aromatic rings. The molecule has 128 valence electrons. The molecule has 0 radical (unpaired) electrons. The number of carboxylic acid groups (broad SMARTS) is 1. The van der Waals surface area contributed by atoms with Crippen LogP contribution in [0.3, 0.4) is 0 Å². The fraction of sp³-hybridized carbons (Fsp3) is 0.500. The molecule has 0 aromatic heterocycles.